The van der Waals surface area contributed by atoms with Gasteiger partial charge in [-0.3, -0.25) is 19.2 Å². The molecule has 1 aliphatic rings. The molecule has 7 N–H and O–H groups in total. The molecule has 4 atom stereocenters. The maximum Gasteiger partial charge on any atom is 0.325 e. The van der Waals surface area contributed by atoms with Crippen LogP contribution in [0.3, 0.4) is 0 Å². The standard InChI is InChI=1S/C19H35N5O5/c1-11(2)15(24-16(25)13-8-6-10-21-13)18(27)23-14(7-4-5-9-20)17(26)22-12(3)19(28)29/h11-15,21H,4-10,20H2,1-3H3,(H,22,26)(H,23,27)(H,24,25)(H,28,29). The highest BCUT2D eigenvalue weighted by Gasteiger charge is 2.32. The van der Waals surface area contributed by atoms with Crippen molar-refractivity contribution in [2.45, 2.75) is 77.0 Å². The molecule has 1 saturated heterocycles. The maximum absolute atomic E-state index is 12.8. The second-order valence-corrected chi connectivity index (χ2v) is 7.79. The largest absolute Gasteiger partial charge is 0.480 e. The number of aliphatic carboxylic acids is 1. The SMILES string of the molecule is CC(NC(=O)C(CCCCN)NC(=O)C(NC(=O)C1CCCN1)C(C)C)C(=O)O. The maximum atomic E-state index is 12.8. The summed E-state index contributed by atoms with van der Waals surface area (Å²) in [7, 11) is 0. The molecule has 10 heteroatoms. The fraction of sp³-hybridized carbons (Fsp3) is 0.789. The van der Waals surface area contributed by atoms with Gasteiger partial charge in [0.05, 0.1) is 6.04 Å². The smallest absolute Gasteiger partial charge is 0.325 e. The van der Waals surface area contributed by atoms with E-state index in [-0.39, 0.29) is 17.9 Å². The van der Waals surface area contributed by atoms with Crippen molar-refractivity contribution in [3.63, 3.8) is 0 Å². The molecule has 0 saturated carbocycles. The summed E-state index contributed by atoms with van der Waals surface area (Å²) < 4.78 is 0. The zero-order chi connectivity index (χ0) is 22.0. The summed E-state index contributed by atoms with van der Waals surface area (Å²) in [6, 6.07) is -3.10. The highest BCUT2D eigenvalue weighted by atomic mass is 16.4. The number of carboxylic acids is 1. The number of carbonyl (C=O) groups excluding carboxylic acids is 3. The Morgan fingerprint density at radius 1 is 1.07 bits per heavy atom. The molecule has 0 aromatic rings. The molecule has 166 valence electrons. The zero-order valence-electron chi connectivity index (χ0n) is 17.5. The Balaban J connectivity index is 2.80. The first kappa shape index (κ1) is 24.8. The molecule has 3 amide bonds. The van der Waals surface area contributed by atoms with Crippen molar-refractivity contribution in [2.75, 3.05) is 13.1 Å². The molecule has 0 aliphatic carbocycles. The minimum Gasteiger partial charge on any atom is -0.480 e. The first-order valence-electron chi connectivity index (χ1n) is 10.2. The van der Waals surface area contributed by atoms with E-state index >= 15 is 0 Å². The number of carbonyl (C=O) groups is 4. The fourth-order valence-corrected chi connectivity index (χ4v) is 3.10. The normalized spacial score (nSPS) is 19.3. The molecule has 1 rings (SSSR count). The summed E-state index contributed by atoms with van der Waals surface area (Å²) >= 11 is 0. The van der Waals surface area contributed by atoms with E-state index in [9.17, 15) is 19.2 Å². The first-order chi connectivity index (χ1) is 13.7. The Morgan fingerprint density at radius 2 is 1.76 bits per heavy atom. The minimum absolute atomic E-state index is 0.189. The predicted molar refractivity (Wildman–Crippen MR) is 108 cm³/mol. The number of rotatable bonds is 12. The van der Waals surface area contributed by atoms with E-state index in [1.54, 1.807) is 0 Å². The molecule has 1 aliphatic heterocycles. The molecule has 4 unspecified atom stereocenters. The van der Waals surface area contributed by atoms with Crippen molar-refractivity contribution in [3.8, 4) is 0 Å². The van der Waals surface area contributed by atoms with Gasteiger partial charge >= 0.3 is 5.97 Å². The van der Waals surface area contributed by atoms with E-state index in [0.717, 1.165) is 19.4 Å². The van der Waals surface area contributed by atoms with Gasteiger partial charge < -0.3 is 32.1 Å². The van der Waals surface area contributed by atoms with Crippen molar-refractivity contribution in [1.29, 1.82) is 0 Å². The van der Waals surface area contributed by atoms with Crippen LogP contribution in [0.2, 0.25) is 0 Å². The Bertz CT molecular complexity index is 577. The monoisotopic (exact) mass is 413 g/mol. The lowest BCUT2D eigenvalue weighted by atomic mass is 10.0. The molecule has 0 spiro atoms. The number of nitrogens with one attached hydrogen (secondary N) is 4. The van der Waals surface area contributed by atoms with Gasteiger partial charge in [-0.05, 0) is 58.0 Å². The van der Waals surface area contributed by atoms with Crippen LogP contribution in [-0.4, -0.2) is 66.1 Å². The highest BCUT2D eigenvalue weighted by molar-refractivity contribution is 5.94. The van der Waals surface area contributed by atoms with Crippen LogP contribution < -0.4 is 27.0 Å². The van der Waals surface area contributed by atoms with Crippen LogP contribution in [-0.2, 0) is 19.2 Å². The highest BCUT2D eigenvalue weighted by Crippen LogP contribution is 2.09. The quantitative estimate of drug-likeness (QED) is 0.225. The Hall–Kier alpha value is -2.20. The van der Waals surface area contributed by atoms with Crippen molar-refractivity contribution in [3.05, 3.63) is 0 Å². The van der Waals surface area contributed by atoms with E-state index in [0.29, 0.717) is 25.8 Å². The van der Waals surface area contributed by atoms with Gasteiger partial charge in [-0.15, -0.1) is 0 Å². The van der Waals surface area contributed by atoms with Crippen molar-refractivity contribution in [2.24, 2.45) is 11.7 Å². The fourth-order valence-electron chi connectivity index (χ4n) is 3.10. The van der Waals surface area contributed by atoms with E-state index in [2.05, 4.69) is 21.3 Å². The van der Waals surface area contributed by atoms with Crippen LogP contribution in [0.4, 0.5) is 0 Å². The number of nitrogens with two attached hydrogens (primary N) is 1. The second kappa shape index (κ2) is 12.4. The number of hydrogen-bond acceptors (Lipinski definition) is 6. The van der Waals surface area contributed by atoms with Gasteiger partial charge in [0.2, 0.25) is 17.7 Å². The van der Waals surface area contributed by atoms with E-state index in [4.69, 9.17) is 10.8 Å². The second-order valence-electron chi connectivity index (χ2n) is 7.79. The summed E-state index contributed by atoms with van der Waals surface area (Å²) in [6.07, 6.45) is 3.22. The molecular weight excluding hydrogens is 378 g/mol. The Morgan fingerprint density at radius 3 is 2.28 bits per heavy atom. The van der Waals surface area contributed by atoms with Gasteiger partial charge in [-0.1, -0.05) is 13.8 Å². The summed E-state index contributed by atoms with van der Waals surface area (Å²) in [5.74, 6) is -2.63. The third-order valence-corrected chi connectivity index (χ3v) is 4.93. The third-order valence-electron chi connectivity index (χ3n) is 4.93. The average molecular weight is 414 g/mol. The molecule has 0 aromatic carbocycles. The predicted octanol–water partition coefficient (Wildman–Crippen LogP) is -0.918. The first-order valence-corrected chi connectivity index (χ1v) is 10.2. The molecule has 10 nitrogen and oxygen atoms in total. The van der Waals surface area contributed by atoms with Crippen LogP contribution in [0.1, 0.15) is 52.9 Å². The van der Waals surface area contributed by atoms with Gasteiger partial charge in [0.25, 0.3) is 0 Å². The van der Waals surface area contributed by atoms with Crippen LogP contribution in [0.15, 0.2) is 0 Å². The Labute approximate surface area is 171 Å². The van der Waals surface area contributed by atoms with Crippen molar-refractivity contribution >= 4 is 23.7 Å². The lowest BCUT2D eigenvalue weighted by molar-refractivity contribution is -0.142. The average Bonchev–Trinajstić information content (AvgIpc) is 3.19. The zero-order valence-corrected chi connectivity index (χ0v) is 17.5. The van der Waals surface area contributed by atoms with E-state index < -0.39 is 35.9 Å². The summed E-state index contributed by atoms with van der Waals surface area (Å²) in [6.45, 7) is 6.19. The number of amides is 3. The van der Waals surface area contributed by atoms with Crippen LogP contribution in [0, 0.1) is 5.92 Å². The minimum atomic E-state index is -1.17. The molecule has 0 bridgehead atoms. The number of hydrogen-bond donors (Lipinski definition) is 6. The van der Waals surface area contributed by atoms with Crippen molar-refractivity contribution in [1.82, 2.24) is 21.3 Å². The molecule has 1 fully saturated rings. The third kappa shape index (κ3) is 8.36. The van der Waals surface area contributed by atoms with Crippen LogP contribution in [0.5, 0.6) is 0 Å². The van der Waals surface area contributed by atoms with Gasteiger partial charge in [-0.2, -0.15) is 0 Å². The summed E-state index contributed by atoms with van der Waals surface area (Å²) in [5.41, 5.74) is 5.50. The van der Waals surface area contributed by atoms with Gasteiger partial charge in [-0.25, -0.2) is 0 Å². The summed E-state index contributed by atoms with van der Waals surface area (Å²) in [4.78, 5) is 48.7. The van der Waals surface area contributed by atoms with E-state index in [1.165, 1.54) is 6.92 Å². The molecule has 0 aromatic heterocycles. The molecule has 1 heterocycles. The van der Waals surface area contributed by atoms with Gasteiger partial charge in [0.1, 0.15) is 18.1 Å². The number of carboxylic acid groups (broad SMARTS) is 1. The summed E-state index contributed by atoms with van der Waals surface area (Å²) in [5, 5.41) is 19.9. The molecule has 29 heavy (non-hydrogen) atoms. The molecular formula is C19H35N5O5. The lowest BCUT2D eigenvalue weighted by Gasteiger charge is -2.26. The van der Waals surface area contributed by atoms with Crippen molar-refractivity contribution < 1.29 is 24.3 Å². The molecule has 0 radical (unpaired) electrons. The lowest BCUT2D eigenvalue weighted by Crippen LogP contribution is -2.58. The van der Waals surface area contributed by atoms with Gasteiger partial charge in [0, 0.05) is 0 Å². The van der Waals surface area contributed by atoms with Crippen LogP contribution >= 0.6 is 0 Å². The number of unbranched alkanes of at least 4 members (excludes halogenated alkanes) is 1. The van der Waals surface area contributed by atoms with E-state index in [1.807, 2.05) is 13.8 Å². The Kier molecular flexibility index (Phi) is 10.6. The van der Waals surface area contributed by atoms with Gasteiger partial charge in [0.15, 0.2) is 0 Å². The topological polar surface area (TPSA) is 163 Å². The van der Waals surface area contributed by atoms with Crippen LogP contribution in [0.25, 0.3) is 0 Å².